The molecule has 1 saturated heterocycles. The van der Waals surface area contributed by atoms with Crippen molar-refractivity contribution < 1.29 is 0 Å². The van der Waals surface area contributed by atoms with Gasteiger partial charge in [-0.05, 0) is 42.3 Å². The maximum atomic E-state index is 4.87. The molecule has 1 aromatic carbocycles. The minimum atomic E-state index is 0.848. The Hall–Kier alpha value is -1.87. The van der Waals surface area contributed by atoms with Gasteiger partial charge < -0.3 is 4.90 Å². The van der Waals surface area contributed by atoms with Crippen molar-refractivity contribution >= 4 is 27.9 Å². The second-order valence-electron chi connectivity index (χ2n) is 6.19. The Balaban J connectivity index is 1.84. The molecule has 3 heterocycles. The first-order valence-corrected chi connectivity index (χ1v) is 8.88. The summed E-state index contributed by atoms with van der Waals surface area (Å²) in [7, 11) is 0. The van der Waals surface area contributed by atoms with Crippen LogP contribution in [0.5, 0.6) is 0 Å². The van der Waals surface area contributed by atoms with Crippen molar-refractivity contribution in [1.29, 1.82) is 0 Å². The Bertz CT molecular complexity index is 771. The van der Waals surface area contributed by atoms with E-state index in [1.807, 2.05) is 0 Å². The van der Waals surface area contributed by atoms with E-state index in [1.165, 1.54) is 28.8 Å². The Morgan fingerprint density at radius 1 is 1.09 bits per heavy atom. The largest absolute Gasteiger partial charge is 0.371 e. The summed E-state index contributed by atoms with van der Waals surface area (Å²) in [5.41, 5.74) is 3.55. The summed E-state index contributed by atoms with van der Waals surface area (Å²) in [6, 6.07) is 15.1. The molecule has 2 nitrogen and oxygen atoms in total. The Morgan fingerprint density at radius 3 is 2.68 bits per heavy atom. The van der Waals surface area contributed by atoms with Crippen LogP contribution in [0.4, 0.5) is 5.69 Å². The van der Waals surface area contributed by atoms with Gasteiger partial charge in [-0.15, -0.1) is 11.3 Å². The number of thiophene rings is 1. The van der Waals surface area contributed by atoms with Crippen molar-refractivity contribution in [3.8, 4) is 10.6 Å². The zero-order valence-corrected chi connectivity index (χ0v) is 13.6. The predicted molar refractivity (Wildman–Crippen MR) is 95.7 cm³/mol. The Kier molecular flexibility index (Phi) is 3.59. The number of hydrogen-bond donors (Lipinski definition) is 0. The molecular formula is C19H20N2S. The minimum Gasteiger partial charge on any atom is -0.371 e. The fourth-order valence-electron chi connectivity index (χ4n) is 3.22. The van der Waals surface area contributed by atoms with Gasteiger partial charge in [0, 0.05) is 24.2 Å². The van der Waals surface area contributed by atoms with Crippen LogP contribution in [0.15, 0.2) is 47.8 Å². The molecule has 0 bridgehead atoms. The summed E-state index contributed by atoms with van der Waals surface area (Å²) in [5, 5.41) is 3.39. The summed E-state index contributed by atoms with van der Waals surface area (Å²) in [6.45, 7) is 4.66. The van der Waals surface area contributed by atoms with Gasteiger partial charge in [0.25, 0.3) is 0 Å². The number of para-hydroxylation sites is 1. The van der Waals surface area contributed by atoms with Gasteiger partial charge in [-0.25, -0.2) is 4.98 Å². The van der Waals surface area contributed by atoms with Crippen molar-refractivity contribution in [2.75, 3.05) is 18.0 Å². The molecule has 0 N–H and O–H groups in total. The molecule has 0 amide bonds. The van der Waals surface area contributed by atoms with Crippen molar-refractivity contribution in [3.05, 3.63) is 47.8 Å². The van der Waals surface area contributed by atoms with Crippen LogP contribution in [-0.4, -0.2) is 18.1 Å². The SMILES string of the molecule is CC1CCN(c2cc(-c3cccs3)nc3ccccc23)CC1. The zero-order chi connectivity index (χ0) is 14.9. The van der Waals surface area contributed by atoms with Crippen LogP contribution in [0.2, 0.25) is 0 Å². The zero-order valence-electron chi connectivity index (χ0n) is 12.8. The van der Waals surface area contributed by atoms with E-state index in [4.69, 9.17) is 4.98 Å². The molecule has 0 spiro atoms. The highest BCUT2D eigenvalue weighted by atomic mass is 32.1. The molecule has 2 aromatic heterocycles. The fourth-order valence-corrected chi connectivity index (χ4v) is 3.90. The summed E-state index contributed by atoms with van der Waals surface area (Å²) < 4.78 is 0. The number of pyridine rings is 1. The molecule has 0 saturated carbocycles. The average molecular weight is 308 g/mol. The van der Waals surface area contributed by atoms with Gasteiger partial charge in [0.1, 0.15) is 0 Å². The minimum absolute atomic E-state index is 0.848. The van der Waals surface area contributed by atoms with Crippen LogP contribution in [0.1, 0.15) is 19.8 Å². The first-order valence-electron chi connectivity index (χ1n) is 8.00. The lowest BCUT2D eigenvalue weighted by Gasteiger charge is -2.33. The molecule has 0 radical (unpaired) electrons. The van der Waals surface area contributed by atoms with Crippen LogP contribution in [0, 0.1) is 5.92 Å². The van der Waals surface area contributed by atoms with Crippen LogP contribution in [0.3, 0.4) is 0 Å². The van der Waals surface area contributed by atoms with E-state index in [1.54, 1.807) is 11.3 Å². The Labute approximate surface area is 135 Å². The maximum absolute atomic E-state index is 4.87. The number of benzene rings is 1. The number of nitrogens with zero attached hydrogens (tertiary/aromatic N) is 2. The van der Waals surface area contributed by atoms with Crippen molar-refractivity contribution in [2.45, 2.75) is 19.8 Å². The fraction of sp³-hybridized carbons (Fsp3) is 0.316. The maximum Gasteiger partial charge on any atom is 0.0830 e. The molecule has 1 aliphatic heterocycles. The normalized spacial score (nSPS) is 16.3. The second kappa shape index (κ2) is 5.73. The third-order valence-corrected chi connectivity index (χ3v) is 5.48. The lowest BCUT2D eigenvalue weighted by Crippen LogP contribution is -2.32. The molecule has 4 rings (SSSR count). The van der Waals surface area contributed by atoms with Crippen molar-refractivity contribution in [2.24, 2.45) is 5.92 Å². The highest BCUT2D eigenvalue weighted by molar-refractivity contribution is 7.13. The van der Waals surface area contributed by atoms with E-state index in [9.17, 15) is 0 Å². The summed E-state index contributed by atoms with van der Waals surface area (Å²) >= 11 is 1.76. The summed E-state index contributed by atoms with van der Waals surface area (Å²) in [4.78, 5) is 8.66. The van der Waals surface area contributed by atoms with Gasteiger partial charge in [0.15, 0.2) is 0 Å². The van der Waals surface area contributed by atoms with Gasteiger partial charge in [0.05, 0.1) is 16.1 Å². The van der Waals surface area contributed by atoms with Crippen LogP contribution < -0.4 is 4.90 Å². The van der Waals surface area contributed by atoms with E-state index in [0.29, 0.717) is 0 Å². The van der Waals surface area contributed by atoms with E-state index >= 15 is 0 Å². The third kappa shape index (κ3) is 2.50. The molecule has 0 aliphatic carbocycles. The first kappa shape index (κ1) is 13.8. The van der Waals surface area contributed by atoms with Crippen molar-refractivity contribution in [3.63, 3.8) is 0 Å². The number of anilines is 1. The standard InChI is InChI=1S/C19H20N2S/c1-14-8-10-21(11-9-14)18-13-17(19-7-4-12-22-19)20-16-6-3-2-5-15(16)18/h2-7,12-14H,8-11H2,1H3. The molecule has 1 aliphatic rings. The number of aromatic nitrogens is 1. The number of rotatable bonds is 2. The van der Waals surface area contributed by atoms with Gasteiger partial charge in [0.2, 0.25) is 0 Å². The number of hydrogen-bond acceptors (Lipinski definition) is 3. The predicted octanol–water partition coefficient (Wildman–Crippen LogP) is 5.20. The average Bonchev–Trinajstić information content (AvgIpc) is 3.09. The van der Waals surface area contributed by atoms with E-state index in [2.05, 4.69) is 59.7 Å². The number of fused-ring (bicyclic) bond motifs is 1. The lowest BCUT2D eigenvalue weighted by atomic mass is 9.98. The lowest BCUT2D eigenvalue weighted by molar-refractivity contribution is 0.439. The van der Waals surface area contributed by atoms with Gasteiger partial charge >= 0.3 is 0 Å². The van der Waals surface area contributed by atoms with Gasteiger partial charge in [-0.1, -0.05) is 31.2 Å². The first-order chi connectivity index (χ1) is 10.8. The van der Waals surface area contributed by atoms with Gasteiger partial charge in [-0.3, -0.25) is 0 Å². The van der Waals surface area contributed by atoms with Crippen LogP contribution in [0.25, 0.3) is 21.5 Å². The number of piperidine rings is 1. The van der Waals surface area contributed by atoms with E-state index in [-0.39, 0.29) is 0 Å². The molecule has 3 heteroatoms. The highest BCUT2D eigenvalue weighted by Gasteiger charge is 2.19. The molecule has 3 aromatic rings. The molecule has 0 unspecified atom stereocenters. The summed E-state index contributed by atoms with van der Waals surface area (Å²) in [5.74, 6) is 0.848. The summed E-state index contributed by atoms with van der Waals surface area (Å²) in [6.07, 6.45) is 2.57. The topological polar surface area (TPSA) is 16.1 Å². The van der Waals surface area contributed by atoms with E-state index < -0.39 is 0 Å². The van der Waals surface area contributed by atoms with Gasteiger partial charge in [-0.2, -0.15) is 0 Å². The van der Waals surface area contributed by atoms with Crippen LogP contribution in [-0.2, 0) is 0 Å². The molecule has 112 valence electrons. The quantitative estimate of drug-likeness (QED) is 0.647. The molecule has 1 fully saturated rings. The second-order valence-corrected chi connectivity index (χ2v) is 7.14. The molecule has 22 heavy (non-hydrogen) atoms. The molecular weight excluding hydrogens is 288 g/mol. The highest BCUT2D eigenvalue weighted by Crippen LogP contribution is 2.34. The smallest absolute Gasteiger partial charge is 0.0830 e. The third-order valence-electron chi connectivity index (χ3n) is 4.59. The van der Waals surface area contributed by atoms with Crippen molar-refractivity contribution in [1.82, 2.24) is 4.98 Å². The monoisotopic (exact) mass is 308 g/mol. The Morgan fingerprint density at radius 2 is 1.91 bits per heavy atom. The van der Waals surface area contributed by atoms with Crippen LogP contribution >= 0.6 is 11.3 Å². The molecule has 0 atom stereocenters. The van der Waals surface area contributed by atoms with E-state index in [0.717, 1.165) is 30.2 Å².